The summed E-state index contributed by atoms with van der Waals surface area (Å²) >= 11 is 15.2. The number of benzene rings is 2. The van der Waals surface area contributed by atoms with Crippen LogP contribution in [0.2, 0.25) is 10.0 Å². The molecule has 29 heavy (non-hydrogen) atoms. The lowest BCUT2D eigenvalue weighted by Gasteiger charge is -2.13. The van der Waals surface area contributed by atoms with Crippen molar-refractivity contribution in [2.24, 2.45) is 0 Å². The number of ether oxygens (including phenoxy) is 2. The molecule has 1 heterocycles. The number of hydrazine groups is 1. The van der Waals surface area contributed by atoms with Gasteiger partial charge in [0.15, 0.2) is 12.4 Å². The number of nitrogens with zero attached hydrogens (tertiary/aromatic N) is 2. The lowest BCUT2D eigenvalue weighted by atomic mass is 10.3. The van der Waals surface area contributed by atoms with Crippen LogP contribution in [0.15, 0.2) is 53.3 Å². The van der Waals surface area contributed by atoms with E-state index in [1.807, 2.05) is 12.1 Å². The minimum Gasteiger partial charge on any atom is -0.482 e. The van der Waals surface area contributed by atoms with Gasteiger partial charge in [0.25, 0.3) is 5.91 Å². The van der Waals surface area contributed by atoms with E-state index in [0.29, 0.717) is 21.5 Å². The van der Waals surface area contributed by atoms with Crippen LogP contribution < -0.4 is 26.1 Å². The van der Waals surface area contributed by atoms with E-state index >= 15 is 0 Å². The first-order valence-electron chi connectivity index (χ1n) is 8.09. The smallest absolute Gasteiger partial charge is 0.276 e. The Bertz CT molecular complexity index is 1020. The Morgan fingerprint density at radius 2 is 1.90 bits per heavy atom. The Labute approximate surface area is 184 Å². The van der Waals surface area contributed by atoms with Crippen molar-refractivity contribution in [1.82, 2.24) is 15.4 Å². The summed E-state index contributed by atoms with van der Waals surface area (Å²) in [4.78, 5) is 20.0. The van der Waals surface area contributed by atoms with Crippen molar-refractivity contribution in [3.8, 4) is 17.4 Å². The maximum Gasteiger partial charge on any atom is 0.276 e. The first kappa shape index (κ1) is 21.0. The van der Waals surface area contributed by atoms with E-state index in [-0.39, 0.29) is 24.0 Å². The quantitative estimate of drug-likeness (QED) is 0.413. The van der Waals surface area contributed by atoms with Gasteiger partial charge in [-0.1, -0.05) is 39.1 Å². The number of hydrogen-bond acceptors (Lipinski definition) is 7. The van der Waals surface area contributed by atoms with Gasteiger partial charge in [-0.3, -0.25) is 15.6 Å². The van der Waals surface area contributed by atoms with Crippen LogP contribution in [0.4, 0.5) is 11.5 Å². The van der Waals surface area contributed by atoms with Crippen LogP contribution in [0, 0.1) is 0 Å². The SMILES string of the molecule is Nc1c(NNC(=O)COc2ccc(Cl)cc2Cl)ncnc1Oc1ccc(Br)cc1. The molecule has 0 bridgehead atoms. The molecule has 0 aliphatic heterocycles. The third-order valence-corrected chi connectivity index (χ3v) is 4.51. The summed E-state index contributed by atoms with van der Waals surface area (Å²) in [6.07, 6.45) is 1.25. The number of hydrogen-bond donors (Lipinski definition) is 3. The summed E-state index contributed by atoms with van der Waals surface area (Å²) in [7, 11) is 0. The second kappa shape index (κ2) is 9.64. The molecule has 11 heteroatoms. The molecule has 0 saturated carbocycles. The van der Waals surface area contributed by atoms with E-state index in [4.69, 9.17) is 38.4 Å². The molecule has 1 aromatic heterocycles. The van der Waals surface area contributed by atoms with Crippen molar-refractivity contribution in [3.05, 3.63) is 63.3 Å². The average molecular weight is 499 g/mol. The van der Waals surface area contributed by atoms with Crippen LogP contribution in [-0.2, 0) is 4.79 Å². The minimum atomic E-state index is -0.482. The number of halogens is 3. The van der Waals surface area contributed by atoms with Crippen LogP contribution in [0.1, 0.15) is 0 Å². The average Bonchev–Trinajstić information content (AvgIpc) is 2.69. The number of carbonyl (C=O) groups is 1. The molecule has 4 N–H and O–H groups in total. The van der Waals surface area contributed by atoms with Crippen LogP contribution in [-0.4, -0.2) is 22.5 Å². The molecule has 0 atom stereocenters. The summed E-state index contributed by atoms with van der Waals surface area (Å²) in [5.41, 5.74) is 11.2. The molecule has 0 aliphatic carbocycles. The predicted molar refractivity (Wildman–Crippen MR) is 114 cm³/mol. The Balaban J connectivity index is 1.57. The minimum absolute atomic E-state index is 0.123. The fourth-order valence-electron chi connectivity index (χ4n) is 2.08. The summed E-state index contributed by atoms with van der Waals surface area (Å²) in [5.74, 6) is 0.706. The van der Waals surface area contributed by atoms with E-state index in [0.717, 1.165) is 4.47 Å². The zero-order chi connectivity index (χ0) is 20.8. The highest BCUT2D eigenvalue weighted by Crippen LogP contribution is 2.30. The molecule has 0 saturated heterocycles. The van der Waals surface area contributed by atoms with E-state index in [9.17, 15) is 4.79 Å². The van der Waals surface area contributed by atoms with Gasteiger partial charge in [-0.2, -0.15) is 4.98 Å². The number of anilines is 2. The van der Waals surface area contributed by atoms with E-state index in [1.54, 1.807) is 24.3 Å². The van der Waals surface area contributed by atoms with Crippen molar-refractivity contribution in [2.45, 2.75) is 0 Å². The fraction of sp³-hybridized carbons (Fsp3) is 0.0556. The molecular weight excluding hydrogens is 485 g/mol. The van der Waals surface area contributed by atoms with Gasteiger partial charge in [-0.25, -0.2) is 4.98 Å². The standard InChI is InChI=1S/C18H14BrCl2N5O3/c19-10-1-4-12(5-2-10)29-18-16(22)17(23-9-24-18)26-25-15(27)8-28-14-6-3-11(20)7-13(14)21/h1-7,9H,8,22H2,(H,25,27)(H,23,24,26). The number of nitrogens with one attached hydrogen (secondary N) is 2. The van der Waals surface area contributed by atoms with Crippen molar-refractivity contribution < 1.29 is 14.3 Å². The molecule has 0 spiro atoms. The highest BCUT2D eigenvalue weighted by Gasteiger charge is 2.12. The molecule has 2 aromatic carbocycles. The lowest BCUT2D eigenvalue weighted by molar-refractivity contribution is -0.122. The zero-order valence-corrected chi connectivity index (χ0v) is 17.8. The molecule has 0 fully saturated rings. The molecule has 3 aromatic rings. The van der Waals surface area contributed by atoms with E-state index in [2.05, 4.69) is 36.7 Å². The number of aromatic nitrogens is 2. The summed E-state index contributed by atoms with van der Waals surface area (Å²) < 4.78 is 11.9. The first-order valence-corrected chi connectivity index (χ1v) is 9.64. The number of rotatable bonds is 7. The highest BCUT2D eigenvalue weighted by atomic mass is 79.9. The number of amides is 1. The maximum atomic E-state index is 12.0. The van der Waals surface area contributed by atoms with Crippen molar-refractivity contribution >= 4 is 56.5 Å². The van der Waals surface area contributed by atoms with Crippen LogP contribution in [0.3, 0.4) is 0 Å². The summed E-state index contributed by atoms with van der Waals surface area (Å²) in [6.45, 7) is -0.290. The monoisotopic (exact) mass is 497 g/mol. The lowest BCUT2D eigenvalue weighted by Crippen LogP contribution is -2.34. The van der Waals surface area contributed by atoms with Gasteiger partial charge in [-0.15, -0.1) is 0 Å². The Morgan fingerprint density at radius 1 is 1.14 bits per heavy atom. The molecule has 1 amide bonds. The van der Waals surface area contributed by atoms with Crippen LogP contribution >= 0.6 is 39.1 Å². The van der Waals surface area contributed by atoms with Crippen molar-refractivity contribution in [3.63, 3.8) is 0 Å². The zero-order valence-electron chi connectivity index (χ0n) is 14.7. The van der Waals surface area contributed by atoms with Gasteiger partial charge in [0, 0.05) is 9.50 Å². The van der Waals surface area contributed by atoms with Crippen molar-refractivity contribution in [2.75, 3.05) is 17.8 Å². The Morgan fingerprint density at radius 3 is 2.62 bits per heavy atom. The molecule has 8 nitrogen and oxygen atoms in total. The number of nitrogen functional groups attached to an aromatic ring is 1. The van der Waals surface area contributed by atoms with Crippen molar-refractivity contribution in [1.29, 1.82) is 0 Å². The van der Waals surface area contributed by atoms with E-state index in [1.165, 1.54) is 12.4 Å². The van der Waals surface area contributed by atoms with Gasteiger partial charge < -0.3 is 15.2 Å². The highest BCUT2D eigenvalue weighted by molar-refractivity contribution is 9.10. The molecular formula is C18H14BrCl2N5O3. The summed E-state index contributed by atoms with van der Waals surface area (Å²) in [5, 5.41) is 0.766. The van der Waals surface area contributed by atoms with Crippen LogP contribution in [0.25, 0.3) is 0 Å². The van der Waals surface area contributed by atoms with Gasteiger partial charge in [0.1, 0.15) is 23.5 Å². The Kier molecular flexibility index (Phi) is 6.97. The molecule has 0 radical (unpaired) electrons. The first-order chi connectivity index (χ1) is 13.9. The molecule has 150 valence electrons. The normalized spacial score (nSPS) is 10.3. The van der Waals surface area contributed by atoms with Gasteiger partial charge >= 0.3 is 0 Å². The summed E-state index contributed by atoms with van der Waals surface area (Å²) in [6, 6.07) is 11.8. The van der Waals surface area contributed by atoms with Gasteiger partial charge in [0.2, 0.25) is 5.88 Å². The van der Waals surface area contributed by atoms with Crippen LogP contribution in [0.5, 0.6) is 17.4 Å². The fourth-order valence-corrected chi connectivity index (χ4v) is 2.80. The molecule has 3 rings (SSSR count). The van der Waals surface area contributed by atoms with Gasteiger partial charge in [0.05, 0.1) is 5.02 Å². The maximum absolute atomic E-state index is 12.0. The van der Waals surface area contributed by atoms with Gasteiger partial charge in [-0.05, 0) is 42.5 Å². The second-order valence-corrected chi connectivity index (χ2v) is 7.29. The topological polar surface area (TPSA) is 111 Å². The third kappa shape index (κ3) is 5.86. The number of carbonyl (C=O) groups excluding carboxylic acids is 1. The second-order valence-electron chi connectivity index (χ2n) is 5.53. The third-order valence-electron chi connectivity index (χ3n) is 3.45. The van der Waals surface area contributed by atoms with E-state index < -0.39 is 5.91 Å². The predicted octanol–water partition coefficient (Wildman–Crippen LogP) is 4.44. The molecule has 0 aliphatic rings. The Hall–Kier alpha value is -2.75. The molecule has 0 unspecified atom stereocenters. The largest absolute Gasteiger partial charge is 0.482 e. The number of nitrogens with two attached hydrogens (primary N) is 1.